The number of hydrogen-bond acceptors (Lipinski definition) is 1. The second-order valence-corrected chi connectivity index (χ2v) is 7.67. The molecule has 0 saturated heterocycles. The molecule has 1 fully saturated rings. The Bertz CT molecular complexity index is 733. The molecule has 0 radical (unpaired) electrons. The van der Waals surface area contributed by atoms with Crippen molar-refractivity contribution >= 4 is 5.91 Å². The van der Waals surface area contributed by atoms with Gasteiger partial charge in [0.1, 0.15) is 5.82 Å². The maximum atomic E-state index is 13.5. The highest BCUT2D eigenvalue weighted by atomic mass is 19.1. The highest BCUT2D eigenvalue weighted by Crippen LogP contribution is 2.25. The molecule has 0 unspecified atom stereocenters. The summed E-state index contributed by atoms with van der Waals surface area (Å²) in [5.41, 5.74) is 2.06. The highest BCUT2D eigenvalue weighted by Gasteiger charge is 2.25. The molecule has 146 valence electrons. The maximum absolute atomic E-state index is 13.5. The first-order chi connectivity index (χ1) is 13.2. The summed E-state index contributed by atoms with van der Waals surface area (Å²) in [5.74, 6) is 0.0713. The molecule has 3 nitrogen and oxygen atoms in total. The second kappa shape index (κ2) is 9.72. The quantitative estimate of drug-likeness (QED) is 0.600. The fraction of sp³-hybridized carbons (Fsp3) is 0.522. The molecule has 0 aliphatic heterocycles. The van der Waals surface area contributed by atoms with Crippen LogP contribution < -0.4 is 0 Å². The molecule has 1 aliphatic carbocycles. The zero-order chi connectivity index (χ0) is 19.1. The van der Waals surface area contributed by atoms with E-state index in [1.165, 1.54) is 25.3 Å². The molecule has 0 N–H and O–H groups in total. The van der Waals surface area contributed by atoms with E-state index < -0.39 is 0 Å². The van der Waals surface area contributed by atoms with Crippen LogP contribution in [-0.4, -0.2) is 21.4 Å². The van der Waals surface area contributed by atoms with Gasteiger partial charge in [0, 0.05) is 30.9 Å². The molecular weight excluding hydrogens is 339 g/mol. The number of amides is 1. The van der Waals surface area contributed by atoms with Gasteiger partial charge in [-0.25, -0.2) is 4.39 Å². The predicted molar refractivity (Wildman–Crippen MR) is 107 cm³/mol. The number of aromatic nitrogens is 1. The molecule has 2 aromatic rings. The number of halogens is 1. The van der Waals surface area contributed by atoms with Crippen LogP contribution >= 0.6 is 0 Å². The molecular formula is C23H31FN2O. The van der Waals surface area contributed by atoms with Gasteiger partial charge >= 0.3 is 0 Å². The summed E-state index contributed by atoms with van der Waals surface area (Å²) in [4.78, 5) is 15.0. The van der Waals surface area contributed by atoms with Gasteiger partial charge < -0.3 is 9.47 Å². The number of nitrogens with zero attached hydrogens (tertiary/aromatic N) is 2. The van der Waals surface area contributed by atoms with Gasteiger partial charge in [0.15, 0.2) is 0 Å². The van der Waals surface area contributed by atoms with Gasteiger partial charge in [-0.3, -0.25) is 4.79 Å². The first-order valence-corrected chi connectivity index (χ1v) is 10.4. The first kappa shape index (κ1) is 19.7. The summed E-state index contributed by atoms with van der Waals surface area (Å²) in [6, 6.07) is 11.2. The zero-order valence-corrected chi connectivity index (χ0v) is 16.4. The molecule has 1 amide bonds. The lowest BCUT2D eigenvalue weighted by molar-refractivity contribution is -0.135. The van der Waals surface area contributed by atoms with Crippen LogP contribution in [0.25, 0.3) is 0 Å². The minimum absolute atomic E-state index is 0.209. The molecule has 0 spiro atoms. The molecule has 0 bridgehead atoms. The first-order valence-electron chi connectivity index (χ1n) is 10.4. The van der Waals surface area contributed by atoms with Crippen LogP contribution in [0.5, 0.6) is 0 Å². The fourth-order valence-electron chi connectivity index (χ4n) is 4.04. The summed E-state index contributed by atoms with van der Waals surface area (Å²) >= 11 is 0. The summed E-state index contributed by atoms with van der Waals surface area (Å²) in [6.07, 6.45) is 10.6. The number of unbranched alkanes of at least 4 members (excludes halogenated alkanes) is 1. The molecule has 27 heavy (non-hydrogen) atoms. The van der Waals surface area contributed by atoms with Crippen molar-refractivity contribution in [2.75, 3.05) is 0 Å². The summed E-state index contributed by atoms with van der Waals surface area (Å²) in [6.45, 7) is 3.40. The standard InChI is InChI=1S/C23H31FN2O/c1-2-3-14-23(27)26(21-11-5-4-6-12-21)18-22-13-8-15-25(22)17-19-9-7-10-20(24)16-19/h7-10,13,15-16,21H,2-6,11-12,14,17-18H2,1H3. The molecule has 4 heteroatoms. The molecule has 1 saturated carbocycles. The molecule has 0 atom stereocenters. The van der Waals surface area contributed by atoms with Crippen LogP contribution in [0.15, 0.2) is 42.6 Å². The zero-order valence-electron chi connectivity index (χ0n) is 16.4. The number of benzene rings is 1. The lowest BCUT2D eigenvalue weighted by Crippen LogP contribution is -2.41. The normalized spacial score (nSPS) is 15.0. The van der Waals surface area contributed by atoms with E-state index >= 15 is 0 Å². The Morgan fingerprint density at radius 1 is 1.19 bits per heavy atom. The lowest BCUT2D eigenvalue weighted by Gasteiger charge is -2.35. The van der Waals surface area contributed by atoms with Crippen LogP contribution in [0.2, 0.25) is 0 Å². The lowest BCUT2D eigenvalue weighted by atomic mass is 9.93. The Hall–Kier alpha value is -2.10. The average Bonchev–Trinajstić information content (AvgIpc) is 3.11. The van der Waals surface area contributed by atoms with Gasteiger partial charge in [-0.15, -0.1) is 0 Å². The Morgan fingerprint density at radius 2 is 2.00 bits per heavy atom. The van der Waals surface area contributed by atoms with Crippen molar-refractivity contribution in [3.8, 4) is 0 Å². The van der Waals surface area contributed by atoms with Crippen LogP contribution in [0, 0.1) is 5.82 Å². The third-order valence-electron chi connectivity index (χ3n) is 5.58. The summed E-state index contributed by atoms with van der Waals surface area (Å²) < 4.78 is 15.6. The predicted octanol–water partition coefficient (Wildman–Crippen LogP) is 5.53. The topological polar surface area (TPSA) is 25.2 Å². The van der Waals surface area contributed by atoms with Crippen LogP contribution in [-0.2, 0) is 17.9 Å². The second-order valence-electron chi connectivity index (χ2n) is 7.67. The van der Waals surface area contributed by atoms with E-state index in [9.17, 15) is 9.18 Å². The van der Waals surface area contributed by atoms with Crippen LogP contribution in [0.4, 0.5) is 4.39 Å². The number of rotatable bonds is 8. The van der Waals surface area contributed by atoms with Crippen molar-refractivity contribution in [3.63, 3.8) is 0 Å². The van der Waals surface area contributed by atoms with E-state index in [0.29, 0.717) is 25.6 Å². The smallest absolute Gasteiger partial charge is 0.223 e. The number of carbonyl (C=O) groups excluding carboxylic acids is 1. The Balaban J connectivity index is 1.75. The van der Waals surface area contributed by atoms with Gasteiger partial charge in [-0.05, 0) is 49.1 Å². The van der Waals surface area contributed by atoms with Gasteiger partial charge in [-0.2, -0.15) is 0 Å². The fourth-order valence-corrected chi connectivity index (χ4v) is 4.04. The molecule has 1 heterocycles. The van der Waals surface area contributed by atoms with Crippen molar-refractivity contribution in [2.45, 2.75) is 77.4 Å². The largest absolute Gasteiger partial charge is 0.345 e. The third-order valence-corrected chi connectivity index (χ3v) is 5.58. The van der Waals surface area contributed by atoms with E-state index in [2.05, 4.69) is 22.5 Å². The third kappa shape index (κ3) is 5.44. The van der Waals surface area contributed by atoms with Crippen molar-refractivity contribution in [2.24, 2.45) is 0 Å². The highest BCUT2D eigenvalue weighted by molar-refractivity contribution is 5.76. The van der Waals surface area contributed by atoms with Crippen molar-refractivity contribution in [1.82, 2.24) is 9.47 Å². The SMILES string of the molecule is CCCCC(=O)N(Cc1cccn1Cc1cccc(F)c1)C1CCCCC1. The number of carbonyl (C=O) groups is 1. The van der Waals surface area contributed by atoms with Crippen molar-refractivity contribution in [1.29, 1.82) is 0 Å². The molecule has 3 rings (SSSR count). The van der Waals surface area contributed by atoms with Gasteiger partial charge in [0.25, 0.3) is 0 Å². The molecule has 1 aromatic carbocycles. The van der Waals surface area contributed by atoms with E-state index in [0.717, 1.165) is 36.9 Å². The number of hydrogen-bond donors (Lipinski definition) is 0. The monoisotopic (exact) mass is 370 g/mol. The van der Waals surface area contributed by atoms with E-state index in [-0.39, 0.29) is 11.7 Å². The van der Waals surface area contributed by atoms with E-state index in [4.69, 9.17) is 0 Å². The van der Waals surface area contributed by atoms with Crippen molar-refractivity contribution in [3.05, 3.63) is 59.7 Å². The average molecular weight is 371 g/mol. The van der Waals surface area contributed by atoms with Gasteiger partial charge in [-0.1, -0.05) is 44.7 Å². The Kier molecular flexibility index (Phi) is 7.08. The van der Waals surface area contributed by atoms with Gasteiger partial charge in [0.2, 0.25) is 5.91 Å². The Labute approximate surface area is 162 Å². The summed E-state index contributed by atoms with van der Waals surface area (Å²) in [5, 5.41) is 0. The van der Waals surface area contributed by atoms with Crippen LogP contribution in [0.1, 0.15) is 69.5 Å². The van der Waals surface area contributed by atoms with Crippen LogP contribution in [0.3, 0.4) is 0 Å². The van der Waals surface area contributed by atoms with Crippen molar-refractivity contribution < 1.29 is 9.18 Å². The van der Waals surface area contributed by atoms with E-state index in [1.54, 1.807) is 12.1 Å². The minimum atomic E-state index is -0.209. The Morgan fingerprint density at radius 3 is 2.74 bits per heavy atom. The van der Waals surface area contributed by atoms with Gasteiger partial charge in [0.05, 0.1) is 6.54 Å². The maximum Gasteiger partial charge on any atom is 0.223 e. The minimum Gasteiger partial charge on any atom is -0.345 e. The molecule has 1 aromatic heterocycles. The van der Waals surface area contributed by atoms with E-state index in [1.807, 2.05) is 18.3 Å². The summed E-state index contributed by atoms with van der Waals surface area (Å²) in [7, 11) is 0. The molecule has 1 aliphatic rings.